The van der Waals surface area contributed by atoms with Gasteiger partial charge in [0.15, 0.2) is 0 Å². The van der Waals surface area contributed by atoms with Crippen molar-refractivity contribution in [1.82, 2.24) is 0 Å². The van der Waals surface area contributed by atoms with E-state index in [-0.39, 0.29) is 6.42 Å². The van der Waals surface area contributed by atoms with Crippen molar-refractivity contribution in [3.8, 4) is 0 Å². The SMILES string of the molecule is CC/C=C\C/C=C\C/C=C\C/C=C\C[C@H]1O[C@H]1C/C=C\CCC(=O)O. The van der Waals surface area contributed by atoms with Gasteiger partial charge in [0.05, 0.1) is 12.2 Å². The molecule has 1 heterocycles. The van der Waals surface area contributed by atoms with Gasteiger partial charge in [-0.1, -0.05) is 67.7 Å². The van der Waals surface area contributed by atoms with Crippen molar-refractivity contribution < 1.29 is 14.6 Å². The summed E-state index contributed by atoms with van der Waals surface area (Å²) in [7, 11) is 0. The highest BCUT2D eigenvalue weighted by Crippen LogP contribution is 2.29. The van der Waals surface area contributed by atoms with Crippen LogP contribution in [0.4, 0.5) is 0 Å². The van der Waals surface area contributed by atoms with Gasteiger partial charge in [0, 0.05) is 6.42 Å². The minimum atomic E-state index is -0.746. The van der Waals surface area contributed by atoms with Gasteiger partial charge < -0.3 is 9.84 Å². The van der Waals surface area contributed by atoms with Crippen molar-refractivity contribution in [1.29, 1.82) is 0 Å². The van der Waals surface area contributed by atoms with Gasteiger partial charge in [-0.3, -0.25) is 4.79 Å². The number of carboxylic acids is 1. The Morgan fingerprint density at radius 1 is 0.800 bits per heavy atom. The summed E-state index contributed by atoms with van der Waals surface area (Å²) < 4.78 is 5.59. The summed E-state index contributed by atoms with van der Waals surface area (Å²) in [6.07, 6.45) is 28.9. The smallest absolute Gasteiger partial charge is 0.303 e. The standard InChI is InChI=1S/C22H32O3/c1-2-3-4-5-6-7-8-9-10-11-12-14-17-20-21(25-20)18-15-13-16-19-22(23)24/h3-4,6-7,9-10,12-15,20-21H,2,5,8,11,16-19H2,1H3,(H,23,24)/b4-3-,7-6-,10-9-,14-12-,15-13-/t20-,21+/m1/s1. The number of ether oxygens (including phenoxy) is 1. The summed E-state index contributed by atoms with van der Waals surface area (Å²) in [5.41, 5.74) is 0. The molecular formula is C22H32O3. The quantitative estimate of drug-likeness (QED) is 0.322. The van der Waals surface area contributed by atoms with Crippen molar-refractivity contribution in [3.63, 3.8) is 0 Å². The number of allylic oxidation sites excluding steroid dienone is 8. The Morgan fingerprint density at radius 3 is 1.80 bits per heavy atom. The molecule has 0 aromatic rings. The fraction of sp³-hybridized carbons (Fsp3) is 0.500. The molecule has 25 heavy (non-hydrogen) atoms. The molecule has 1 aliphatic rings. The van der Waals surface area contributed by atoms with Gasteiger partial charge in [-0.25, -0.2) is 0 Å². The van der Waals surface area contributed by atoms with Crippen LogP contribution in [-0.2, 0) is 9.53 Å². The predicted octanol–water partition coefficient (Wildman–Crippen LogP) is 5.76. The van der Waals surface area contributed by atoms with Crippen LogP contribution < -0.4 is 0 Å². The molecule has 0 aliphatic carbocycles. The molecule has 1 N–H and O–H groups in total. The van der Waals surface area contributed by atoms with Crippen molar-refractivity contribution in [2.24, 2.45) is 0 Å². The second kappa shape index (κ2) is 14.5. The molecule has 0 spiro atoms. The molecule has 0 unspecified atom stereocenters. The summed E-state index contributed by atoms with van der Waals surface area (Å²) in [6, 6.07) is 0. The number of rotatable bonds is 14. The molecule has 0 bridgehead atoms. The average Bonchev–Trinajstić information content (AvgIpc) is 3.33. The first-order chi connectivity index (χ1) is 12.2. The van der Waals surface area contributed by atoms with Gasteiger partial charge in [0.2, 0.25) is 0 Å². The van der Waals surface area contributed by atoms with Gasteiger partial charge in [0.25, 0.3) is 0 Å². The van der Waals surface area contributed by atoms with Crippen molar-refractivity contribution in [2.45, 2.75) is 70.5 Å². The van der Waals surface area contributed by atoms with E-state index in [2.05, 4.69) is 55.5 Å². The third-order valence-electron chi connectivity index (χ3n) is 3.83. The zero-order valence-electron chi connectivity index (χ0n) is 15.3. The zero-order chi connectivity index (χ0) is 18.2. The van der Waals surface area contributed by atoms with E-state index in [0.717, 1.165) is 38.5 Å². The minimum absolute atomic E-state index is 0.202. The molecule has 2 atom stereocenters. The Balaban J connectivity index is 1.96. The molecule has 3 nitrogen and oxygen atoms in total. The lowest BCUT2D eigenvalue weighted by molar-refractivity contribution is -0.136. The monoisotopic (exact) mass is 344 g/mol. The Morgan fingerprint density at radius 2 is 1.28 bits per heavy atom. The molecular weight excluding hydrogens is 312 g/mol. The van der Waals surface area contributed by atoms with Gasteiger partial charge in [0.1, 0.15) is 0 Å². The third-order valence-corrected chi connectivity index (χ3v) is 3.83. The number of carboxylic acid groups (broad SMARTS) is 1. The van der Waals surface area contributed by atoms with E-state index in [0.29, 0.717) is 18.6 Å². The largest absolute Gasteiger partial charge is 0.481 e. The van der Waals surface area contributed by atoms with Gasteiger partial charge >= 0.3 is 5.97 Å². The number of hydrogen-bond acceptors (Lipinski definition) is 2. The zero-order valence-corrected chi connectivity index (χ0v) is 15.3. The van der Waals surface area contributed by atoms with E-state index in [4.69, 9.17) is 9.84 Å². The Hall–Kier alpha value is -1.87. The average molecular weight is 344 g/mol. The van der Waals surface area contributed by atoms with Crippen LogP contribution in [0.5, 0.6) is 0 Å². The molecule has 0 amide bonds. The lowest BCUT2D eigenvalue weighted by atomic mass is 10.1. The lowest BCUT2D eigenvalue weighted by Gasteiger charge is -1.89. The van der Waals surface area contributed by atoms with Crippen LogP contribution in [-0.4, -0.2) is 23.3 Å². The molecule has 1 rings (SSSR count). The first-order valence-electron chi connectivity index (χ1n) is 9.36. The summed E-state index contributed by atoms with van der Waals surface area (Å²) in [4.78, 5) is 10.4. The Labute approximate surface area is 152 Å². The second-order valence-corrected chi connectivity index (χ2v) is 6.09. The maximum atomic E-state index is 10.4. The number of aliphatic carboxylic acids is 1. The maximum absolute atomic E-state index is 10.4. The summed E-state index contributed by atoms with van der Waals surface area (Å²) in [5.74, 6) is -0.746. The van der Waals surface area contributed by atoms with Gasteiger partial charge in [-0.2, -0.15) is 0 Å². The lowest BCUT2D eigenvalue weighted by Crippen LogP contribution is -1.92. The Bertz CT molecular complexity index is 497. The highest BCUT2D eigenvalue weighted by molar-refractivity contribution is 5.66. The van der Waals surface area contributed by atoms with Crippen LogP contribution in [0, 0.1) is 0 Å². The number of carbonyl (C=O) groups is 1. The molecule has 0 aromatic carbocycles. The fourth-order valence-electron chi connectivity index (χ4n) is 2.36. The molecule has 1 fully saturated rings. The predicted molar refractivity (Wildman–Crippen MR) is 105 cm³/mol. The summed E-state index contributed by atoms with van der Waals surface area (Å²) in [5, 5.41) is 8.54. The highest BCUT2D eigenvalue weighted by atomic mass is 16.6. The van der Waals surface area contributed by atoms with E-state index in [1.807, 2.05) is 12.2 Å². The van der Waals surface area contributed by atoms with Crippen molar-refractivity contribution >= 4 is 5.97 Å². The third kappa shape index (κ3) is 13.1. The van der Waals surface area contributed by atoms with Gasteiger partial charge in [-0.05, 0) is 44.9 Å². The van der Waals surface area contributed by atoms with Crippen LogP contribution in [0.2, 0.25) is 0 Å². The van der Waals surface area contributed by atoms with Crippen LogP contribution in [0.1, 0.15) is 58.3 Å². The summed E-state index contributed by atoms with van der Waals surface area (Å²) >= 11 is 0. The number of epoxide rings is 1. The summed E-state index contributed by atoms with van der Waals surface area (Å²) in [6.45, 7) is 2.15. The van der Waals surface area contributed by atoms with Crippen LogP contribution in [0.25, 0.3) is 0 Å². The normalized spacial score (nSPS) is 20.8. The minimum Gasteiger partial charge on any atom is -0.481 e. The highest BCUT2D eigenvalue weighted by Gasteiger charge is 2.35. The molecule has 1 aliphatic heterocycles. The van der Waals surface area contributed by atoms with E-state index in [1.165, 1.54) is 0 Å². The second-order valence-electron chi connectivity index (χ2n) is 6.09. The van der Waals surface area contributed by atoms with Gasteiger partial charge in [-0.15, -0.1) is 0 Å². The van der Waals surface area contributed by atoms with E-state index >= 15 is 0 Å². The maximum Gasteiger partial charge on any atom is 0.303 e. The number of hydrogen-bond donors (Lipinski definition) is 1. The Kier molecular flexibility index (Phi) is 12.3. The van der Waals surface area contributed by atoms with E-state index < -0.39 is 5.97 Å². The van der Waals surface area contributed by atoms with E-state index in [9.17, 15) is 4.79 Å². The fourth-order valence-corrected chi connectivity index (χ4v) is 2.36. The van der Waals surface area contributed by atoms with Crippen LogP contribution in [0.3, 0.4) is 0 Å². The van der Waals surface area contributed by atoms with Crippen molar-refractivity contribution in [2.75, 3.05) is 0 Å². The van der Waals surface area contributed by atoms with Crippen LogP contribution in [0.15, 0.2) is 60.8 Å². The molecule has 0 saturated carbocycles. The first kappa shape index (κ1) is 21.2. The molecule has 0 aromatic heterocycles. The first-order valence-corrected chi connectivity index (χ1v) is 9.36. The molecule has 1 saturated heterocycles. The van der Waals surface area contributed by atoms with Crippen molar-refractivity contribution in [3.05, 3.63) is 60.8 Å². The molecule has 0 radical (unpaired) electrons. The molecule has 3 heteroatoms. The molecule has 138 valence electrons. The topological polar surface area (TPSA) is 49.8 Å². The van der Waals surface area contributed by atoms with E-state index in [1.54, 1.807) is 0 Å². The van der Waals surface area contributed by atoms with Crippen LogP contribution >= 0.6 is 0 Å².